The Balaban J connectivity index is 1.32. The van der Waals surface area contributed by atoms with Gasteiger partial charge in [-0.05, 0) is 58.3 Å². The summed E-state index contributed by atoms with van der Waals surface area (Å²) < 4.78 is 8.98. The zero-order valence-corrected chi connectivity index (χ0v) is 27.4. The van der Waals surface area contributed by atoms with Gasteiger partial charge >= 0.3 is 0 Å². The van der Waals surface area contributed by atoms with E-state index in [2.05, 4.69) is 91.0 Å². The summed E-state index contributed by atoms with van der Waals surface area (Å²) >= 11 is 1.74. The second-order valence-corrected chi connectivity index (χ2v) is 13.3. The topological polar surface area (TPSA) is 64.7 Å². The summed E-state index contributed by atoms with van der Waals surface area (Å²) in [5, 5.41) is 4.44. The second-order valence-electron chi connectivity index (χ2n) is 12.2. The number of oxazole rings is 1. The summed E-state index contributed by atoms with van der Waals surface area (Å²) in [6, 6.07) is 54.0. The highest BCUT2D eigenvalue weighted by Crippen LogP contribution is 2.45. The van der Waals surface area contributed by atoms with Crippen molar-refractivity contribution in [3.8, 4) is 56.7 Å². The van der Waals surface area contributed by atoms with Crippen molar-refractivity contribution >= 4 is 53.4 Å². The van der Waals surface area contributed by atoms with E-state index in [4.69, 9.17) is 24.4 Å². The molecular weight excluding hydrogens is 633 g/mol. The van der Waals surface area contributed by atoms with E-state index in [0.717, 1.165) is 65.1 Å². The minimum absolute atomic E-state index is 0.538. The van der Waals surface area contributed by atoms with Crippen LogP contribution in [0, 0.1) is 0 Å². The minimum atomic E-state index is 0.538. The fourth-order valence-electron chi connectivity index (χ4n) is 6.79. The molecule has 0 unspecified atom stereocenters. The molecule has 0 spiro atoms. The summed E-state index contributed by atoms with van der Waals surface area (Å²) in [6.45, 7) is 0. The first-order valence-corrected chi connectivity index (χ1v) is 17.3. The van der Waals surface area contributed by atoms with E-state index >= 15 is 0 Å². The number of thiophene rings is 1. The molecule has 0 bridgehead atoms. The normalized spacial score (nSPS) is 11.6. The van der Waals surface area contributed by atoms with Crippen molar-refractivity contribution < 1.29 is 4.42 Å². The highest BCUT2D eigenvalue weighted by Gasteiger charge is 2.24. The molecule has 0 saturated carbocycles. The van der Waals surface area contributed by atoms with Crippen molar-refractivity contribution in [3.05, 3.63) is 158 Å². The maximum Gasteiger partial charge on any atom is 0.227 e. The summed E-state index contributed by atoms with van der Waals surface area (Å²) in [5.74, 6) is 2.27. The lowest BCUT2D eigenvalue weighted by Gasteiger charge is -2.14. The van der Waals surface area contributed by atoms with Gasteiger partial charge in [-0.2, -0.15) is 0 Å². The quantitative estimate of drug-likeness (QED) is 0.184. The Kier molecular flexibility index (Phi) is 6.60. The van der Waals surface area contributed by atoms with Crippen molar-refractivity contribution in [3.63, 3.8) is 0 Å². The van der Waals surface area contributed by atoms with Gasteiger partial charge in [0.25, 0.3) is 0 Å². The number of benzene rings is 7. The maximum absolute atomic E-state index is 6.70. The molecule has 7 aromatic carbocycles. The van der Waals surface area contributed by atoms with Gasteiger partial charge in [0.1, 0.15) is 5.52 Å². The van der Waals surface area contributed by atoms with Crippen LogP contribution in [0.2, 0.25) is 0 Å². The molecule has 0 atom stereocenters. The zero-order chi connectivity index (χ0) is 33.0. The van der Waals surface area contributed by atoms with Crippen LogP contribution in [0.5, 0.6) is 0 Å². The average Bonchev–Trinajstić information content (AvgIpc) is 3.78. The van der Waals surface area contributed by atoms with E-state index in [1.54, 1.807) is 11.3 Å². The van der Waals surface area contributed by atoms with E-state index in [-0.39, 0.29) is 0 Å². The van der Waals surface area contributed by atoms with Gasteiger partial charge in [-0.3, -0.25) is 0 Å². The van der Waals surface area contributed by atoms with Crippen LogP contribution >= 0.6 is 11.3 Å². The van der Waals surface area contributed by atoms with Crippen LogP contribution in [0.4, 0.5) is 0 Å². The fraction of sp³-hybridized carbons (Fsp3) is 0. The number of rotatable bonds is 5. The Morgan fingerprint density at radius 1 is 0.440 bits per heavy atom. The molecule has 10 aromatic rings. The third kappa shape index (κ3) is 4.77. The predicted molar refractivity (Wildman–Crippen MR) is 205 cm³/mol. The SMILES string of the molecule is c1ccc(-c2nc(-c3cc4ccccc4cc3-c3ccccc3)nc(-c3c4oc(-c5ccccc5)nc4cc4sc5ccccc5c34)n2)cc1. The molecule has 0 aliphatic heterocycles. The van der Waals surface area contributed by atoms with Gasteiger partial charge in [-0.25, -0.2) is 19.9 Å². The molecule has 50 heavy (non-hydrogen) atoms. The first-order valence-electron chi connectivity index (χ1n) is 16.5. The van der Waals surface area contributed by atoms with Crippen molar-refractivity contribution in [2.75, 3.05) is 0 Å². The number of aromatic nitrogens is 4. The Morgan fingerprint density at radius 2 is 1.02 bits per heavy atom. The lowest BCUT2D eigenvalue weighted by atomic mass is 9.95. The lowest BCUT2D eigenvalue weighted by Crippen LogP contribution is -2.02. The summed E-state index contributed by atoms with van der Waals surface area (Å²) in [5.41, 5.74) is 7.11. The van der Waals surface area contributed by atoms with Gasteiger partial charge in [0.2, 0.25) is 5.89 Å². The third-order valence-corrected chi connectivity index (χ3v) is 10.3. The molecule has 3 aromatic heterocycles. The van der Waals surface area contributed by atoms with Gasteiger partial charge in [-0.15, -0.1) is 11.3 Å². The van der Waals surface area contributed by atoms with Crippen molar-refractivity contribution in [2.45, 2.75) is 0 Å². The van der Waals surface area contributed by atoms with Crippen LogP contribution < -0.4 is 0 Å². The Hall–Kier alpha value is -6.50. The molecule has 5 nitrogen and oxygen atoms in total. The molecule has 0 aliphatic rings. The van der Waals surface area contributed by atoms with Crippen LogP contribution in [0.3, 0.4) is 0 Å². The number of hydrogen-bond acceptors (Lipinski definition) is 6. The molecule has 6 heteroatoms. The average molecular weight is 659 g/mol. The fourth-order valence-corrected chi connectivity index (χ4v) is 7.94. The molecule has 3 heterocycles. The monoisotopic (exact) mass is 658 g/mol. The van der Waals surface area contributed by atoms with Gasteiger partial charge in [0.15, 0.2) is 23.1 Å². The van der Waals surface area contributed by atoms with Gasteiger partial charge in [-0.1, -0.05) is 121 Å². The first kappa shape index (κ1) is 28.5. The standard InChI is InChI=1S/C44H26N4OS/c1-4-14-27(15-5-1)33-24-30-20-10-11-21-31(30)25-34(33)42-46-41(28-16-6-2-7-17-28)47-43(48-42)39-38-32-22-12-13-23-36(32)50-37(38)26-35-40(39)49-44(45-35)29-18-8-3-9-19-29/h1-26H. The van der Waals surface area contributed by atoms with Crippen LogP contribution in [0.1, 0.15) is 0 Å². The molecule has 0 saturated heterocycles. The summed E-state index contributed by atoms with van der Waals surface area (Å²) in [7, 11) is 0. The third-order valence-electron chi connectivity index (χ3n) is 9.14. The molecule has 234 valence electrons. The van der Waals surface area contributed by atoms with Crippen LogP contribution in [0.25, 0.3) is 98.8 Å². The van der Waals surface area contributed by atoms with E-state index in [0.29, 0.717) is 28.9 Å². The molecule has 0 N–H and O–H groups in total. The Labute approximate surface area is 291 Å². The number of hydrogen-bond donors (Lipinski definition) is 0. The van der Waals surface area contributed by atoms with Crippen LogP contribution in [-0.4, -0.2) is 19.9 Å². The van der Waals surface area contributed by atoms with E-state index in [1.807, 2.05) is 66.7 Å². The van der Waals surface area contributed by atoms with Gasteiger partial charge in [0.05, 0.1) is 5.56 Å². The molecule has 0 radical (unpaired) electrons. The summed E-state index contributed by atoms with van der Waals surface area (Å²) in [6.07, 6.45) is 0. The highest BCUT2D eigenvalue weighted by molar-refractivity contribution is 7.26. The summed E-state index contributed by atoms with van der Waals surface area (Å²) in [4.78, 5) is 20.8. The molecule has 0 amide bonds. The smallest absolute Gasteiger partial charge is 0.227 e. The van der Waals surface area contributed by atoms with Gasteiger partial charge < -0.3 is 4.42 Å². The zero-order valence-electron chi connectivity index (χ0n) is 26.6. The Bertz CT molecular complexity index is 2860. The minimum Gasteiger partial charge on any atom is -0.435 e. The largest absolute Gasteiger partial charge is 0.435 e. The Morgan fingerprint density at radius 3 is 1.76 bits per heavy atom. The molecule has 0 aliphatic carbocycles. The van der Waals surface area contributed by atoms with E-state index < -0.39 is 0 Å². The molecule has 0 fully saturated rings. The second kappa shape index (κ2) is 11.6. The number of fused-ring (bicyclic) bond motifs is 5. The van der Waals surface area contributed by atoms with Crippen LogP contribution in [0.15, 0.2) is 162 Å². The first-order chi connectivity index (χ1) is 24.8. The van der Waals surface area contributed by atoms with Gasteiger partial charge in [0, 0.05) is 36.9 Å². The van der Waals surface area contributed by atoms with Crippen molar-refractivity contribution in [1.29, 1.82) is 0 Å². The highest BCUT2D eigenvalue weighted by atomic mass is 32.1. The lowest BCUT2D eigenvalue weighted by molar-refractivity contribution is 0.621. The van der Waals surface area contributed by atoms with E-state index in [9.17, 15) is 0 Å². The predicted octanol–water partition coefficient (Wildman–Crippen LogP) is 11.9. The molecule has 10 rings (SSSR count). The van der Waals surface area contributed by atoms with Crippen molar-refractivity contribution in [2.24, 2.45) is 0 Å². The van der Waals surface area contributed by atoms with Crippen LogP contribution in [-0.2, 0) is 0 Å². The maximum atomic E-state index is 6.70. The van der Waals surface area contributed by atoms with E-state index in [1.165, 1.54) is 4.70 Å². The number of nitrogens with zero attached hydrogens (tertiary/aromatic N) is 4. The van der Waals surface area contributed by atoms with Crippen molar-refractivity contribution in [1.82, 2.24) is 19.9 Å². The molecular formula is C44H26N4OS.